The highest BCUT2D eigenvalue weighted by Crippen LogP contribution is 2.34. The normalized spacial score (nSPS) is 30.1. The molecule has 4 aliphatic rings. The van der Waals surface area contributed by atoms with Crippen molar-refractivity contribution >= 4 is 17.3 Å². The number of allylic oxidation sites excluding steroid dienone is 4. The Morgan fingerprint density at radius 1 is 1.14 bits per heavy atom. The van der Waals surface area contributed by atoms with Crippen LogP contribution in [0.1, 0.15) is 32.6 Å². The Bertz CT molecular complexity index is 544. The first-order chi connectivity index (χ1) is 10.6. The molecule has 118 valence electrons. The summed E-state index contributed by atoms with van der Waals surface area (Å²) >= 11 is 5.45. The van der Waals surface area contributed by atoms with Gasteiger partial charge in [-0.1, -0.05) is 6.08 Å². The van der Waals surface area contributed by atoms with Crippen molar-refractivity contribution in [2.75, 3.05) is 13.1 Å². The van der Waals surface area contributed by atoms with E-state index in [0.29, 0.717) is 16.5 Å². The molecule has 2 saturated heterocycles. The SMILES string of the molecule is CC(N=NC(=S)N1CC2CCC(CC2)C1)=C1C=CC=CN1O. The molecular formula is C16H22N4OS. The molecule has 0 aromatic rings. The predicted octanol–water partition coefficient (Wildman–Crippen LogP) is 3.85. The summed E-state index contributed by atoms with van der Waals surface area (Å²) in [4.78, 5) is 2.21. The first kappa shape index (κ1) is 15.4. The maximum Gasteiger partial charge on any atom is 0.216 e. The second-order valence-corrected chi connectivity index (χ2v) is 6.66. The van der Waals surface area contributed by atoms with Gasteiger partial charge in [-0.05, 0) is 68.8 Å². The second kappa shape index (κ2) is 6.71. The Labute approximate surface area is 136 Å². The molecule has 6 heteroatoms. The summed E-state index contributed by atoms with van der Waals surface area (Å²) in [5.41, 5.74) is 1.26. The molecule has 3 aliphatic heterocycles. The molecule has 0 aromatic heterocycles. The topological polar surface area (TPSA) is 51.4 Å². The average molecular weight is 318 g/mol. The van der Waals surface area contributed by atoms with Gasteiger partial charge in [-0.25, -0.2) is 5.06 Å². The number of hydrogen-bond donors (Lipinski definition) is 1. The molecule has 3 heterocycles. The van der Waals surface area contributed by atoms with E-state index in [4.69, 9.17) is 12.2 Å². The molecule has 3 fully saturated rings. The molecule has 0 spiro atoms. The van der Waals surface area contributed by atoms with E-state index in [1.54, 1.807) is 18.4 Å². The molecule has 1 saturated carbocycles. The second-order valence-electron chi connectivity index (χ2n) is 6.29. The Hall–Kier alpha value is -1.53. The van der Waals surface area contributed by atoms with E-state index >= 15 is 0 Å². The maximum absolute atomic E-state index is 9.76. The minimum atomic E-state index is 0.568. The fraction of sp³-hybridized carbons (Fsp3) is 0.562. The lowest BCUT2D eigenvalue weighted by Crippen LogP contribution is -2.32. The van der Waals surface area contributed by atoms with Gasteiger partial charge in [-0.15, -0.1) is 5.11 Å². The van der Waals surface area contributed by atoms with Crippen LogP contribution in [-0.4, -0.2) is 33.4 Å². The fourth-order valence-corrected chi connectivity index (χ4v) is 3.59. The molecule has 5 nitrogen and oxygen atoms in total. The van der Waals surface area contributed by atoms with Gasteiger partial charge in [0.25, 0.3) is 0 Å². The van der Waals surface area contributed by atoms with Gasteiger partial charge in [0.2, 0.25) is 5.11 Å². The number of nitrogens with zero attached hydrogens (tertiary/aromatic N) is 4. The molecule has 0 radical (unpaired) electrons. The largest absolute Gasteiger partial charge is 0.346 e. The highest BCUT2D eigenvalue weighted by molar-refractivity contribution is 7.80. The van der Waals surface area contributed by atoms with Crippen molar-refractivity contribution in [2.45, 2.75) is 32.6 Å². The van der Waals surface area contributed by atoms with Crippen molar-refractivity contribution in [1.29, 1.82) is 0 Å². The van der Waals surface area contributed by atoms with Gasteiger partial charge in [0.1, 0.15) is 0 Å². The van der Waals surface area contributed by atoms with Crippen molar-refractivity contribution in [3.05, 3.63) is 35.8 Å². The smallest absolute Gasteiger partial charge is 0.216 e. The lowest BCUT2D eigenvalue weighted by atomic mass is 9.84. The number of rotatable bonds is 1. The zero-order valence-electron chi connectivity index (χ0n) is 12.9. The number of hydroxylamine groups is 2. The third-order valence-corrected chi connectivity index (χ3v) is 5.03. The van der Waals surface area contributed by atoms with Crippen LogP contribution in [0.4, 0.5) is 0 Å². The predicted molar refractivity (Wildman–Crippen MR) is 89.1 cm³/mol. The summed E-state index contributed by atoms with van der Waals surface area (Å²) < 4.78 is 0. The highest BCUT2D eigenvalue weighted by Gasteiger charge is 2.30. The molecule has 22 heavy (non-hydrogen) atoms. The van der Waals surface area contributed by atoms with Gasteiger partial charge in [-0.2, -0.15) is 5.11 Å². The summed E-state index contributed by atoms with van der Waals surface area (Å²) in [5.74, 6) is 1.51. The van der Waals surface area contributed by atoms with Gasteiger partial charge < -0.3 is 4.90 Å². The summed E-state index contributed by atoms with van der Waals surface area (Å²) in [5, 5.41) is 19.8. The van der Waals surface area contributed by atoms with Crippen LogP contribution >= 0.6 is 12.2 Å². The van der Waals surface area contributed by atoms with Crippen LogP contribution in [0.15, 0.2) is 46.1 Å². The van der Waals surface area contributed by atoms with E-state index < -0.39 is 0 Å². The van der Waals surface area contributed by atoms with Crippen LogP contribution in [0.5, 0.6) is 0 Å². The minimum absolute atomic E-state index is 0.568. The Morgan fingerprint density at radius 3 is 2.36 bits per heavy atom. The van der Waals surface area contributed by atoms with E-state index in [1.165, 1.54) is 25.7 Å². The Morgan fingerprint density at radius 2 is 1.77 bits per heavy atom. The van der Waals surface area contributed by atoms with E-state index in [9.17, 15) is 5.21 Å². The number of hydrogen-bond acceptors (Lipinski definition) is 4. The third kappa shape index (κ3) is 3.44. The van der Waals surface area contributed by atoms with Crippen molar-refractivity contribution in [3.8, 4) is 0 Å². The van der Waals surface area contributed by atoms with Gasteiger partial charge in [0.15, 0.2) is 0 Å². The van der Waals surface area contributed by atoms with Gasteiger partial charge in [0, 0.05) is 19.3 Å². The van der Waals surface area contributed by atoms with Crippen LogP contribution in [-0.2, 0) is 0 Å². The third-order valence-electron chi connectivity index (χ3n) is 4.69. The van der Waals surface area contributed by atoms with Crippen molar-refractivity contribution in [2.24, 2.45) is 22.1 Å². The maximum atomic E-state index is 9.76. The van der Waals surface area contributed by atoms with Crippen LogP contribution in [0, 0.1) is 11.8 Å². The Balaban J connectivity index is 1.67. The standard InChI is InChI=1S/C16H22N4OS/c1-12(15-4-2-3-9-20(15)21)17-18-16(22)19-10-13-5-6-14(11-19)8-7-13/h2-4,9,13-14,21H,5-8,10-11H2,1H3. The number of fused-ring (bicyclic) bond motifs is 4. The molecular weight excluding hydrogens is 296 g/mol. The average Bonchev–Trinajstić information content (AvgIpc) is 2.86. The molecule has 0 unspecified atom stereocenters. The first-order valence-corrected chi connectivity index (χ1v) is 8.29. The van der Waals surface area contributed by atoms with E-state index in [-0.39, 0.29) is 0 Å². The monoisotopic (exact) mass is 318 g/mol. The molecule has 1 aliphatic carbocycles. The minimum Gasteiger partial charge on any atom is -0.346 e. The summed E-state index contributed by atoms with van der Waals surface area (Å²) in [7, 11) is 0. The molecule has 4 rings (SSSR count). The summed E-state index contributed by atoms with van der Waals surface area (Å²) in [6.07, 6.45) is 12.3. The van der Waals surface area contributed by atoms with Crippen molar-refractivity contribution < 1.29 is 5.21 Å². The van der Waals surface area contributed by atoms with Gasteiger partial charge >= 0.3 is 0 Å². The highest BCUT2D eigenvalue weighted by atomic mass is 32.1. The van der Waals surface area contributed by atoms with Gasteiger partial charge in [-0.3, -0.25) is 5.21 Å². The molecule has 0 aromatic carbocycles. The zero-order valence-corrected chi connectivity index (χ0v) is 13.7. The molecule has 1 N–H and O–H groups in total. The van der Waals surface area contributed by atoms with Crippen LogP contribution < -0.4 is 0 Å². The molecule has 0 amide bonds. The lowest BCUT2D eigenvalue weighted by molar-refractivity contribution is -0.00149. The van der Waals surface area contributed by atoms with Gasteiger partial charge in [0.05, 0.1) is 11.4 Å². The van der Waals surface area contributed by atoms with Crippen LogP contribution in [0.25, 0.3) is 0 Å². The molecule has 0 atom stereocenters. The van der Waals surface area contributed by atoms with E-state index in [0.717, 1.165) is 30.0 Å². The summed E-state index contributed by atoms with van der Waals surface area (Å²) in [6, 6.07) is 0. The number of thiocarbonyl (C=S) groups is 1. The van der Waals surface area contributed by atoms with Crippen LogP contribution in [0.2, 0.25) is 0 Å². The van der Waals surface area contributed by atoms with E-state index in [2.05, 4.69) is 15.1 Å². The quantitative estimate of drug-likeness (QED) is 0.589. The first-order valence-electron chi connectivity index (χ1n) is 7.88. The molecule has 2 bridgehead atoms. The van der Waals surface area contributed by atoms with E-state index in [1.807, 2.05) is 13.0 Å². The van der Waals surface area contributed by atoms with Crippen molar-refractivity contribution in [3.63, 3.8) is 0 Å². The lowest BCUT2D eigenvalue weighted by Gasteiger charge is -2.22. The zero-order chi connectivity index (χ0) is 15.5. The Kier molecular flexibility index (Phi) is 4.69. The fourth-order valence-electron chi connectivity index (χ4n) is 3.40. The number of azo groups is 1. The van der Waals surface area contributed by atoms with Crippen LogP contribution in [0.3, 0.4) is 0 Å². The summed E-state index contributed by atoms with van der Waals surface area (Å²) in [6.45, 7) is 3.85. The van der Waals surface area contributed by atoms with Crippen molar-refractivity contribution in [1.82, 2.24) is 9.96 Å².